The molecule has 1 nitrogen and oxygen atoms in total. The Morgan fingerprint density at radius 1 is 1.25 bits per heavy atom. The van der Waals surface area contributed by atoms with Crippen LogP contribution >= 0.6 is 0 Å². The van der Waals surface area contributed by atoms with Crippen LogP contribution in [0, 0.1) is 0 Å². The SMILES string of the molecule is C=C[C@@H](CCCCCCC)OC. The normalized spacial score (nSPS) is 12.8. The van der Waals surface area contributed by atoms with E-state index in [1.807, 2.05) is 6.08 Å². The summed E-state index contributed by atoms with van der Waals surface area (Å²) in [7, 11) is 1.75. The highest BCUT2D eigenvalue weighted by Crippen LogP contribution is 2.09. The molecule has 0 aromatic carbocycles. The molecule has 0 heterocycles. The van der Waals surface area contributed by atoms with Crippen molar-refractivity contribution in [2.75, 3.05) is 7.11 Å². The molecule has 1 heteroatoms. The number of unbranched alkanes of at least 4 members (excludes halogenated alkanes) is 4. The van der Waals surface area contributed by atoms with Gasteiger partial charge in [-0.25, -0.2) is 0 Å². The molecule has 0 saturated carbocycles. The van der Waals surface area contributed by atoms with Crippen LogP contribution in [0.3, 0.4) is 0 Å². The zero-order chi connectivity index (χ0) is 9.23. The first kappa shape index (κ1) is 11.7. The molecule has 0 aromatic rings. The van der Waals surface area contributed by atoms with Gasteiger partial charge < -0.3 is 4.74 Å². The molecule has 0 aliphatic carbocycles. The fourth-order valence-corrected chi connectivity index (χ4v) is 1.28. The molecule has 0 amide bonds. The van der Waals surface area contributed by atoms with Crippen molar-refractivity contribution in [3.8, 4) is 0 Å². The molecule has 0 aromatic heterocycles. The van der Waals surface area contributed by atoms with Crippen LogP contribution in [0.4, 0.5) is 0 Å². The second-order valence-electron chi connectivity index (χ2n) is 3.21. The fraction of sp³-hybridized carbons (Fsp3) is 0.818. The van der Waals surface area contributed by atoms with Gasteiger partial charge in [-0.2, -0.15) is 0 Å². The average molecular weight is 170 g/mol. The minimum Gasteiger partial charge on any atom is -0.377 e. The van der Waals surface area contributed by atoms with Gasteiger partial charge in [0.25, 0.3) is 0 Å². The van der Waals surface area contributed by atoms with Gasteiger partial charge in [0.2, 0.25) is 0 Å². The highest BCUT2D eigenvalue weighted by atomic mass is 16.5. The number of ether oxygens (including phenoxy) is 1. The summed E-state index contributed by atoms with van der Waals surface area (Å²) in [6.07, 6.45) is 9.94. The van der Waals surface area contributed by atoms with Crippen molar-refractivity contribution in [1.29, 1.82) is 0 Å². The lowest BCUT2D eigenvalue weighted by Gasteiger charge is -2.09. The van der Waals surface area contributed by atoms with Gasteiger partial charge >= 0.3 is 0 Å². The van der Waals surface area contributed by atoms with Crippen molar-refractivity contribution in [2.24, 2.45) is 0 Å². The molecule has 0 rings (SSSR count). The average Bonchev–Trinajstić information content (AvgIpc) is 2.11. The zero-order valence-electron chi connectivity index (χ0n) is 8.51. The van der Waals surface area contributed by atoms with E-state index in [-0.39, 0.29) is 6.10 Å². The van der Waals surface area contributed by atoms with Crippen molar-refractivity contribution in [3.63, 3.8) is 0 Å². The Morgan fingerprint density at radius 2 is 1.92 bits per heavy atom. The van der Waals surface area contributed by atoms with Crippen molar-refractivity contribution >= 4 is 0 Å². The Hall–Kier alpha value is -0.300. The van der Waals surface area contributed by atoms with Gasteiger partial charge in [-0.05, 0) is 6.42 Å². The maximum absolute atomic E-state index is 5.19. The first-order chi connectivity index (χ1) is 5.85. The summed E-state index contributed by atoms with van der Waals surface area (Å²) in [5.41, 5.74) is 0. The Kier molecular flexibility index (Phi) is 8.57. The van der Waals surface area contributed by atoms with Crippen LogP contribution in [-0.4, -0.2) is 13.2 Å². The van der Waals surface area contributed by atoms with E-state index in [2.05, 4.69) is 13.5 Å². The van der Waals surface area contributed by atoms with Gasteiger partial charge in [-0.1, -0.05) is 45.1 Å². The third-order valence-electron chi connectivity index (χ3n) is 2.16. The van der Waals surface area contributed by atoms with Crippen LogP contribution in [0.1, 0.15) is 45.4 Å². The van der Waals surface area contributed by atoms with E-state index in [1.165, 1.54) is 32.1 Å². The van der Waals surface area contributed by atoms with E-state index in [1.54, 1.807) is 7.11 Å². The largest absolute Gasteiger partial charge is 0.377 e. The molecule has 0 radical (unpaired) electrons. The third kappa shape index (κ3) is 6.41. The smallest absolute Gasteiger partial charge is 0.0749 e. The first-order valence-electron chi connectivity index (χ1n) is 5.00. The number of methoxy groups -OCH3 is 1. The molecular weight excluding hydrogens is 148 g/mol. The molecule has 0 aliphatic heterocycles. The van der Waals surface area contributed by atoms with E-state index in [0.29, 0.717) is 0 Å². The van der Waals surface area contributed by atoms with Crippen molar-refractivity contribution in [1.82, 2.24) is 0 Å². The first-order valence-corrected chi connectivity index (χ1v) is 5.00. The van der Waals surface area contributed by atoms with Crippen molar-refractivity contribution in [2.45, 2.75) is 51.6 Å². The van der Waals surface area contributed by atoms with Crippen LogP contribution in [0.15, 0.2) is 12.7 Å². The minimum atomic E-state index is 0.270. The molecule has 0 saturated heterocycles. The van der Waals surface area contributed by atoms with Crippen LogP contribution in [-0.2, 0) is 4.74 Å². The number of rotatable bonds is 8. The van der Waals surface area contributed by atoms with E-state index < -0.39 is 0 Å². The molecular formula is C11H22O. The predicted molar refractivity (Wildman–Crippen MR) is 54.4 cm³/mol. The lowest BCUT2D eigenvalue weighted by molar-refractivity contribution is 0.131. The second-order valence-corrected chi connectivity index (χ2v) is 3.21. The fourth-order valence-electron chi connectivity index (χ4n) is 1.28. The molecule has 0 fully saturated rings. The summed E-state index contributed by atoms with van der Waals surface area (Å²) in [4.78, 5) is 0. The summed E-state index contributed by atoms with van der Waals surface area (Å²) in [5.74, 6) is 0. The standard InChI is InChI=1S/C11H22O/c1-4-6-7-8-9-10-11(5-2)12-3/h5,11H,2,4,6-10H2,1,3H3/t11-/m0/s1. The maximum Gasteiger partial charge on any atom is 0.0749 e. The summed E-state index contributed by atoms with van der Waals surface area (Å²) < 4.78 is 5.19. The van der Waals surface area contributed by atoms with Crippen LogP contribution in [0.2, 0.25) is 0 Å². The molecule has 0 unspecified atom stereocenters. The maximum atomic E-state index is 5.19. The Morgan fingerprint density at radius 3 is 2.42 bits per heavy atom. The summed E-state index contributed by atoms with van der Waals surface area (Å²) in [5, 5.41) is 0. The minimum absolute atomic E-state index is 0.270. The van der Waals surface area contributed by atoms with E-state index in [4.69, 9.17) is 4.74 Å². The van der Waals surface area contributed by atoms with Crippen molar-refractivity contribution < 1.29 is 4.74 Å². The molecule has 0 spiro atoms. The van der Waals surface area contributed by atoms with Crippen LogP contribution in [0.25, 0.3) is 0 Å². The zero-order valence-corrected chi connectivity index (χ0v) is 8.51. The van der Waals surface area contributed by atoms with Gasteiger partial charge in [0, 0.05) is 7.11 Å². The molecule has 0 aliphatic rings. The van der Waals surface area contributed by atoms with Gasteiger partial charge in [0.05, 0.1) is 6.10 Å². The van der Waals surface area contributed by atoms with Crippen LogP contribution < -0.4 is 0 Å². The van der Waals surface area contributed by atoms with E-state index in [9.17, 15) is 0 Å². The summed E-state index contributed by atoms with van der Waals surface area (Å²) in [6.45, 7) is 5.96. The van der Waals surface area contributed by atoms with Gasteiger partial charge in [0.15, 0.2) is 0 Å². The summed E-state index contributed by atoms with van der Waals surface area (Å²) in [6, 6.07) is 0. The highest BCUT2D eigenvalue weighted by molar-refractivity contribution is 4.78. The molecule has 0 N–H and O–H groups in total. The molecule has 72 valence electrons. The lowest BCUT2D eigenvalue weighted by Crippen LogP contribution is -2.05. The molecule has 0 bridgehead atoms. The second kappa shape index (κ2) is 8.79. The Bertz CT molecular complexity index is 99.2. The molecule has 1 atom stereocenters. The topological polar surface area (TPSA) is 9.23 Å². The predicted octanol–water partition coefficient (Wildman–Crippen LogP) is 3.55. The van der Waals surface area contributed by atoms with E-state index in [0.717, 1.165) is 6.42 Å². The van der Waals surface area contributed by atoms with Crippen LogP contribution in [0.5, 0.6) is 0 Å². The molecule has 12 heavy (non-hydrogen) atoms. The Balaban J connectivity index is 3.12. The third-order valence-corrected chi connectivity index (χ3v) is 2.16. The lowest BCUT2D eigenvalue weighted by atomic mass is 10.1. The monoisotopic (exact) mass is 170 g/mol. The van der Waals surface area contributed by atoms with E-state index >= 15 is 0 Å². The van der Waals surface area contributed by atoms with Gasteiger partial charge in [-0.15, -0.1) is 6.58 Å². The van der Waals surface area contributed by atoms with Gasteiger partial charge in [0.1, 0.15) is 0 Å². The Labute approximate surface area is 76.8 Å². The highest BCUT2D eigenvalue weighted by Gasteiger charge is 1.99. The van der Waals surface area contributed by atoms with Crippen molar-refractivity contribution in [3.05, 3.63) is 12.7 Å². The van der Waals surface area contributed by atoms with Gasteiger partial charge in [-0.3, -0.25) is 0 Å². The number of hydrogen-bond acceptors (Lipinski definition) is 1. The quantitative estimate of drug-likeness (QED) is 0.400. The summed E-state index contributed by atoms with van der Waals surface area (Å²) >= 11 is 0. The number of hydrogen-bond donors (Lipinski definition) is 0.